The molecule has 2 heterocycles. The number of esters is 2. The van der Waals surface area contributed by atoms with Gasteiger partial charge in [0.05, 0.1) is 24.0 Å². The molecule has 0 aliphatic heterocycles. The van der Waals surface area contributed by atoms with Crippen LogP contribution >= 0.6 is 0 Å². The highest BCUT2D eigenvalue weighted by Crippen LogP contribution is 2.21. The molecule has 0 unspecified atom stereocenters. The van der Waals surface area contributed by atoms with Crippen LogP contribution in [0.25, 0.3) is 0 Å². The van der Waals surface area contributed by atoms with Crippen LogP contribution in [0.15, 0.2) is 68.5 Å². The van der Waals surface area contributed by atoms with Crippen molar-refractivity contribution >= 4 is 21.8 Å². The van der Waals surface area contributed by atoms with E-state index in [9.17, 15) is 18.0 Å². The summed E-state index contributed by atoms with van der Waals surface area (Å²) in [6.07, 6.45) is 1.22. The van der Waals surface area contributed by atoms with E-state index in [-0.39, 0.29) is 34.3 Å². The molecule has 3 aromatic rings. The minimum atomic E-state index is -3.65. The van der Waals surface area contributed by atoms with E-state index in [1.54, 1.807) is 18.2 Å². The first-order valence-corrected chi connectivity index (χ1v) is 9.74. The van der Waals surface area contributed by atoms with E-state index < -0.39 is 27.5 Å². The molecule has 0 bridgehead atoms. The molecule has 3 rings (SSSR count). The number of carbonyl (C=O) groups excluding carboxylic acids is 2. The van der Waals surface area contributed by atoms with Gasteiger partial charge in [-0.15, -0.1) is 0 Å². The Morgan fingerprint density at radius 2 is 1.75 bits per heavy atom. The van der Waals surface area contributed by atoms with Crippen LogP contribution < -0.4 is 0 Å². The van der Waals surface area contributed by atoms with Crippen molar-refractivity contribution in [3.63, 3.8) is 0 Å². The summed E-state index contributed by atoms with van der Waals surface area (Å²) in [5, 5.41) is 0. The molecule has 146 valence electrons. The SMILES string of the molecule is COC(=O)c1ccc(COC(=O)c2occc2CS(=O)(=O)c2ccccc2)o1. The molecule has 8 nitrogen and oxygen atoms in total. The Kier molecular flexibility index (Phi) is 5.65. The largest absolute Gasteiger partial charge is 0.463 e. The second-order valence-corrected chi connectivity index (χ2v) is 7.67. The van der Waals surface area contributed by atoms with Crippen molar-refractivity contribution in [2.75, 3.05) is 7.11 Å². The Balaban J connectivity index is 1.68. The van der Waals surface area contributed by atoms with E-state index in [1.807, 2.05) is 0 Å². The lowest BCUT2D eigenvalue weighted by Crippen LogP contribution is -2.10. The molecule has 0 saturated carbocycles. The topological polar surface area (TPSA) is 113 Å². The van der Waals surface area contributed by atoms with Crippen molar-refractivity contribution in [1.82, 2.24) is 0 Å². The molecule has 0 N–H and O–H groups in total. The molecule has 0 atom stereocenters. The van der Waals surface area contributed by atoms with Crippen molar-refractivity contribution in [2.24, 2.45) is 0 Å². The summed E-state index contributed by atoms with van der Waals surface area (Å²) < 4.78 is 44.9. The van der Waals surface area contributed by atoms with Crippen molar-refractivity contribution < 1.29 is 36.3 Å². The van der Waals surface area contributed by atoms with Crippen LogP contribution in [0.3, 0.4) is 0 Å². The standard InChI is InChI=1S/C19H16O8S/c1-24-18(20)16-8-7-14(27-16)11-26-19(21)17-13(9-10-25-17)12-28(22,23)15-5-3-2-4-6-15/h2-10H,11-12H2,1H3. The molecule has 0 radical (unpaired) electrons. The van der Waals surface area contributed by atoms with Gasteiger partial charge >= 0.3 is 11.9 Å². The van der Waals surface area contributed by atoms with Crippen molar-refractivity contribution in [2.45, 2.75) is 17.3 Å². The third kappa shape index (κ3) is 4.32. The summed E-state index contributed by atoms with van der Waals surface area (Å²) in [6, 6.07) is 12.1. The number of hydrogen-bond donors (Lipinski definition) is 0. The Hall–Kier alpha value is -3.33. The molecular formula is C19H16O8S. The molecule has 1 aromatic carbocycles. The number of ether oxygens (including phenoxy) is 2. The van der Waals surface area contributed by atoms with E-state index in [4.69, 9.17) is 13.6 Å². The van der Waals surface area contributed by atoms with Crippen LogP contribution in [0.4, 0.5) is 0 Å². The van der Waals surface area contributed by atoms with Crippen molar-refractivity contribution in [3.05, 3.63) is 77.6 Å². The van der Waals surface area contributed by atoms with Crippen LogP contribution in [0.5, 0.6) is 0 Å². The zero-order valence-corrected chi connectivity index (χ0v) is 15.6. The van der Waals surface area contributed by atoms with E-state index >= 15 is 0 Å². The fourth-order valence-electron chi connectivity index (χ4n) is 2.41. The fourth-order valence-corrected chi connectivity index (χ4v) is 3.79. The van der Waals surface area contributed by atoms with Crippen LogP contribution in [-0.4, -0.2) is 27.5 Å². The van der Waals surface area contributed by atoms with Crippen molar-refractivity contribution in [1.29, 1.82) is 0 Å². The van der Waals surface area contributed by atoms with Gasteiger partial charge in [0.2, 0.25) is 11.5 Å². The van der Waals surface area contributed by atoms with Gasteiger partial charge in [0.1, 0.15) is 12.4 Å². The minimum Gasteiger partial charge on any atom is -0.463 e. The van der Waals surface area contributed by atoms with Gasteiger partial charge in [-0.3, -0.25) is 0 Å². The molecule has 9 heteroatoms. The smallest absolute Gasteiger partial charge is 0.374 e. The van der Waals surface area contributed by atoms with Crippen LogP contribution in [-0.2, 0) is 31.7 Å². The molecule has 0 saturated heterocycles. The highest BCUT2D eigenvalue weighted by molar-refractivity contribution is 7.90. The molecule has 0 aliphatic carbocycles. The Bertz CT molecular complexity index is 1080. The summed E-state index contributed by atoms with van der Waals surface area (Å²) >= 11 is 0. The summed E-state index contributed by atoms with van der Waals surface area (Å²) in [5.74, 6) is -1.93. The van der Waals surface area contributed by atoms with Gasteiger partial charge in [-0.25, -0.2) is 18.0 Å². The number of hydrogen-bond acceptors (Lipinski definition) is 8. The van der Waals surface area contributed by atoms with Gasteiger partial charge < -0.3 is 18.3 Å². The second kappa shape index (κ2) is 8.13. The van der Waals surface area contributed by atoms with E-state index in [0.29, 0.717) is 0 Å². The van der Waals surface area contributed by atoms with Gasteiger partial charge in [0.25, 0.3) is 0 Å². The highest BCUT2D eigenvalue weighted by Gasteiger charge is 2.24. The monoisotopic (exact) mass is 404 g/mol. The predicted molar refractivity (Wildman–Crippen MR) is 95.2 cm³/mol. The van der Waals surface area contributed by atoms with E-state index in [0.717, 1.165) is 0 Å². The average Bonchev–Trinajstić information content (AvgIpc) is 3.35. The summed E-state index contributed by atoms with van der Waals surface area (Å²) in [5.41, 5.74) is 0.184. The lowest BCUT2D eigenvalue weighted by Gasteiger charge is -2.05. The number of rotatable bonds is 7. The number of furan rings is 2. The number of methoxy groups -OCH3 is 1. The van der Waals surface area contributed by atoms with Gasteiger partial charge in [-0.2, -0.15) is 0 Å². The number of benzene rings is 1. The first kappa shape index (κ1) is 19.4. The zero-order chi connectivity index (χ0) is 20.1. The van der Waals surface area contributed by atoms with E-state index in [2.05, 4.69) is 4.74 Å². The maximum absolute atomic E-state index is 12.5. The van der Waals surface area contributed by atoms with E-state index in [1.165, 1.54) is 43.7 Å². The summed E-state index contributed by atoms with van der Waals surface area (Å²) in [6.45, 7) is -0.262. The van der Waals surface area contributed by atoms with Crippen LogP contribution in [0.2, 0.25) is 0 Å². The molecule has 0 fully saturated rings. The molecule has 28 heavy (non-hydrogen) atoms. The van der Waals surface area contributed by atoms with Crippen molar-refractivity contribution in [3.8, 4) is 0 Å². The maximum atomic E-state index is 12.5. The first-order valence-electron chi connectivity index (χ1n) is 8.09. The quantitative estimate of drug-likeness (QED) is 0.552. The number of sulfone groups is 1. The molecule has 2 aromatic heterocycles. The second-order valence-electron chi connectivity index (χ2n) is 5.68. The minimum absolute atomic E-state index is 0.0267. The number of carbonyl (C=O) groups is 2. The highest BCUT2D eigenvalue weighted by atomic mass is 32.2. The molecule has 0 aliphatic rings. The average molecular weight is 404 g/mol. The maximum Gasteiger partial charge on any atom is 0.374 e. The fraction of sp³-hybridized carbons (Fsp3) is 0.158. The van der Waals surface area contributed by atoms with Gasteiger partial charge in [0.15, 0.2) is 9.84 Å². The Morgan fingerprint density at radius 3 is 2.46 bits per heavy atom. The van der Waals surface area contributed by atoms with Crippen LogP contribution in [0, 0.1) is 0 Å². The summed E-state index contributed by atoms with van der Waals surface area (Å²) in [4.78, 5) is 23.8. The molecule has 0 spiro atoms. The lowest BCUT2D eigenvalue weighted by molar-refractivity contribution is 0.0402. The van der Waals surface area contributed by atoms with Gasteiger partial charge in [0, 0.05) is 5.56 Å². The summed E-state index contributed by atoms with van der Waals surface area (Å²) in [7, 11) is -2.44. The van der Waals surface area contributed by atoms with Crippen LogP contribution in [0.1, 0.15) is 32.4 Å². The molecular weight excluding hydrogens is 388 g/mol. The normalized spacial score (nSPS) is 11.2. The Morgan fingerprint density at radius 1 is 1.00 bits per heavy atom. The molecule has 0 amide bonds. The van der Waals surface area contributed by atoms with Gasteiger partial charge in [-0.05, 0) is 30.3 Å². The van der Waals surface area contributed by atoms with Gasteiger partial charge in [-0.1, -0.05) is 18.2 Å². The predicted octanol–water partition coefficient (Wildman–Crippen LogP) is 2.99. The lowest BCUT2D eigenvalue weighted by atomic mass is 10.3. The third-order valence-electron chi connectivity index (χ3n) is 3.77. The Labute approximate surface area is 160 Å². The zero-order valence-electron chi connectivity index (χ0n) is 14.8. The first-order chi connectivity index (χ1) is 13.4. The third-order valence-corrected chi connectivity index (χ3v) is 5.46.